The number of rotatable bonds is 5. The fraction of sp³-hybridized carbons (Fsp3) is 0.778. The average Bonchev–Trinajstić information content (AvgIpc) is 3.83. The van der Waals surface area contributed by atoms with Crippen LogP contribution >= 0.6 is 0 Å². The Morgan fingerprint density at radius 1 is 1.02 bits per heavy atom. The summed E-state index contributed by atoms with van der Waals surface area (Å²) in [6.45, 7) is 7.48. The zero-order valence-electron chi connectivity index (χ0n) is 32.7. The molecule has 5 bridgehead atoms. The highest BCUT2D eigenvalue weighted by atomic mass is 16.5. The van der Waals surface area contributed by atoms with Crippen molar-refractivity contribution >= 4 is 17.6 Å². The molecule has 1 spiro atoms. The topological polar surface area (TPSA) is 117 Å². The van der Waals surface area contributed by atoms with Gasteiger partial charge in [0.05, 0.1) is 29.2 Å². The van der Waals surface area contributed by atoms with Crippen LogP contribution in [-0.2, 0) is 24.5 Å². The minimum absolute atomic E-state index is 0.0370. The van der Waals surface area contributed by atoms with Crippen LogP contribution in [-0.4, -0.2) is 94.1 Å². The predicted molar refractivity (Wildman–Crippen MR) is 201 cm³/mol. The van der Waals surface area contributed by atoms with Crippen molar-refractivity contribution in [2.45, 2.75) is 145 Å². The number of benzene rings is 1. The maximum atomic E-state index is 14.5. The lowest BCUT2D eigenvalue weighted by Crippen LogP contribution is -2.83. The largest absolute Gasteiger partial charge is 0.458 e. The van der Waals surface area contributed by atoms with E-state index in [0.29, 0.717) is 22.9 Å². The van der Waals surface area contributed by atoms with Crippen molar-refractivity contribution in [1.82, 2.24) is 0 Å². The molecule has 0 unspecified atom stereocenters. The maximum Gasteiger partial charge on any atom is 0.362 e. The molecular formula is C45H61N2O7+. The van der Waals surface area contributed by atoms with E-state index in [4.69, 9.17) is 9.47 Å². The summed E-state index contributed by atoms with van der Waals surface area (Å²) in [5.41, 5.74) is 2.28. The molecule has 0 aromatic heterocycles. The van der Waals surface area contributed by atoms with Crippen LogP contribution in [0.2, 0.25) is 0 Å². The number of fused-ring (bicyclic) bond motifs is 7. The molecule has 0 amide bonds. The van der Waals surface area contributed by atoms with Crippen molar-refractivity contribution in [3.8, 4) is 0 Å². The molecule has 3 N–H and O–H groups in total. The Bertz CT molecular complexity index is 1830. The van der Waals surface area contributed by atoms with Crippen LogP contribution in [0.5, 0.6) is 0 Å². The van der Waals surface area contributed by atoms with Crippen LogP contribution in [0, 0.1) is 52.3 Å². The van der Waals surface area contributed by atoms with Crippen molar-refractivity contribution in [3.63, 3.8) is 0 Å². The standard InChI is InChI=1S/C45H61N2O7/c1-5-27-28-20-34-39-44(32-8-6-7-9-33(32)46(39)4)21-35(38(28)40(44)50)47(34,41(27)51)22-37(49)54-26-12-15-42(2)25(19-26)10-11-31-30(42)13-16-43(3)29(14-17-45(31,43)52)24-18-36(48)53-23-24/h6-9,18,25-31,34-35,38-41,50-52H,5,10-17,19-23H2,1-4H3/q+1/t25-,26-,27-,28+,29-,30+,31-,34+,35+,38-,39+,40+,41-,42+,43-,44+,45+,47-/m1/s1. The highest BCUT2D eigenvalue weighted by Gasteiger charge is 2.83. The third-order valence-electron chi connectivity index (χ3n) is 19.8. The molecule has 18 atom stereocenters. The van der Waals surface area contributed by atoms with Crippen LogP contribution in [0.1, 0.15) is 103 Å². The molecule has 11 aliphatic rings. The molecule has 5 saturated carbocycles. The predicted octanol–water partition coefficient (Wildman–Crippen LogP) is 5.24. The number of aliphatic hydroxyl groups excluding tert-OH is 2. The number of carbonyl (C=O) groups excluding carboxylic acids is 2. The molecule has 6 aliphatic heterocycles. The van der Waals surface area contributed by atoms with E-state index in [2.05, 4.69) is 57.0 Å². The number of para-hydroxylation sites is 1. The van der Waals surface area contributed by atoms with Crippen molar-refractivity contribution in [2.24, 2.45) is 52.3 Å². The first-order chi connectivity index (χ1) is 25.8. The molecule has 292 valence electrons. The summed E-state index contributed by atoms with van der Waals surface area (Å²) in [6, 6.07) is 8.74. The van der Waals surface area contributed by atoms with Gasteiger partial charge in [-0.05, 0) is 116 Å². The summed E-state index contributed by atoms with van der Waals surface area (Å²) in [5, 5.41) is 37.5. The minimum atomic E-state index is -0.739. The summed E-state index contributed by atoms with van der Waals surface area (Å²) >= 11 is 0. The summed E-state index contributed by atoms with van der Waals surface area (Å²) in [4.78, 5) is 28.8. The summed E-state index contributed by atoms with van der Waals surface area (Å²) in [6.07, 6.45) is 11.5. The van der Waals surface area contributed by atoms with Gasteiger partial charge in [0.2, 0.25) is 0 Å². The molecule has 5 aliphatic carbocycles. The molecule has 9 nitrogen and oxygen atoms in total. The highest BCUT2D eigenvalue weighted by molar-refractivity contribution is 5.85. The van der Waals surface area contributed by atoms with Gasteiger partial charge >= 0.3 is 11.9 Å². The minimum Gasteiger partial charge on any atom is -0.458 e. The van der Waals surface area contributed by atoms with Gasteiger partial charge in [-0.15, -0.1) is 0 Å². The zero-order valence-corrected chi connectivity index (χ0v) is 32.7. The third kappa shape index (κ3) is 3.88. The molecule has 9 heteroatoms. The van der Waals surface area contributed by atoms with Crippen molar-refractivity contribution in [2.75, 3.05) is 25.1 Å². The monoisotopic (exact) mass is 741 g/mol. The lowest BCUT2D eigenvalue weighted by Gasteiger charge is -2.67. The number of piperidine rings is 4. The molecule has 1 aromatic rings. The number of nitrogens with zero attached hydrogens (tertiary/aromatic N) is 2. The first kappa shape index (κ1) is 34.8. The van der Waals surface area contributed by atoms with Crippen molar-refractivity contribution in [1.29, 1.82) is 0 Å². The Hall–Kier alpha value is -2.46. The van der Waals surface area contributed by atoms with Crippen molar-refractivity contribution < 1.29 is 38.9 Å². The Morgan fingerprint density at radius 2 is 1.83 bits per heavy atom. The normalized spacial score (nSPS) is 54.4. The van der Waals surface area contributed by atoms with E-state index >= 15 is 0 Å². The van der Waals surface area contributed by atoms with Gasteiger partial charge in [0.1, 0.15) is 18.8 Å². The van der Waals surface area contributed by atoms with Gasteiger partial charge in [-0.3, -0.25) is 4.48 Å². The molecule has 9 fully saturated rings. The summed E-state index contributed by atoms with van der Waals surface area (Å²) in [5.74, 6) is 1.32. The second-order valence-electron chi connectivity index (χ2n) is 20.7. The van der Waals surface area contributed by atoms with E-state index in [0.717, 1.165) is 82.6 Å². The quantitative estimate of drug-likeness (QED) is 0.278. The van der Waals surface area contributed by atoms with Gasteiger partial charge in [0.15, 0.2) is 12.8 Å². The van der Waals surface area contributed by atoms with Crippen LogP contribution in [0.25, 0.3) is 0 Å². The molecule has 1 aromatic carbocycles. The molecule has 12 rings (SSSR count). The second-order valence-corrected chi connectivity index (χ2v) is 20.7. The number of ether oxygens (including phenoxy) is 2. The number of hydrogen-bond acceptors (Lipinski definition) is 8. The van der Waals surface area contributed by atoms with Gasteiger partial charge in [0.25, 0.3) is 0 Å². The summed E-state index contributed by atoms with van der Waals surface area (Å²) < 4.78 is 12.3. The number of hydrogen-bond donors (Lipinski definition) is 3. The molecular weight excluding hydrogens is 681 g/mol. The van der Waals surface area contributed by atoms with E-state index in [-0.39, 0.29) is 88.5 Å². The fourth-order valence-electron chi connectivity index (χ4n) is 17.6. The number of carbonyl (C=O) groups is 2. The number of quaternary nitrogens is 1. The van der Waals surface area contributed by atoms with Gasteiger partial charge in [-0.25, -0.2) is 9.59 Å². The van der Waals surface area contributed by atoms with E-state index < -0.39 is 17.9 Å². The Labute approximate surface area is 320 Å². The molecule has 6 heterocycles. The number of likely N-dealkylation sites (N-methyl/N-ethyl adjacent to an activating group) is 1. The number of aliphatic hydroxyl groups is 3. The number of cyclic esters (lactones) is 1. The van der Waals surface area contributed by atoms with E-state index in [1.807, 2.05) is 0 Å². The van der Waals surface area contributed by atoms with Gasteiger partial charge in [-0.1, -0.05) is 39.0 Å². The second kappa shape index (κ2) is 11.1. The first-order valence-corrected chi connectivity index (χ1v) is 21.7. The Balaban J connectivity index is 0.829. The fourth-order valence-corrected chi connectivity index (χ4v) is 17.6. The Morgan fingerprint density at radius 3 is 2.61 bits per heavy atom. The molecule has 0 radical (unpaired) electrons. The number of anilines is 1. The zero-order chi connectivity index (χ0) is 37.3. The smallest absolute Gasteiger partial charge is 0.362 e. The maximum absolute atomic E-state index is 14.5. The van der Waals surface area contributed by atoms with Gasteiger partial charge in [0, 0.05) is 48.9 Å². The van der Waals surface area contributed by atoms with Crippen molar-refractivity contribution in [3.05, 3.63) is 41.5 Å². The molecule has 54 heavy (non-hydrogen) atoms. The Kier molecular flexibility index (Phi) is 7.17. The van der Waals surface area contributed by atoms with Crippen LogP contribution in [0.3, 0.4) is 0 Å². The van der Waals surface area contributed by atoms with E-state index in [9.17, 15) is 24.9 Å². The van der Waals surface area contributed by atoms with Gasteiger partial charge < -0.3 is 29.7 Å². The summed E-state index contributed by atoms with van der Waals surface area (Å²) in [7, 11) is 2.17. The van der Waals surface area contributed by atoms with Crippen LogP contribution in [0.4, 0.5) is 5.69 Å². The average molecular weight is 742 g/mol. The first-order valence-electron chi connectivity index (χ1n) is 21.7. The number of esters is 2. The lowest BCUT2D eigenvalue weighted by atomic mass is 9.43. The van der Waals surface area contributed by atoms with Crippen LogP contribution in [0.15, 0.2) is 35.9 Å². The van der Waals surface area contributed by atoms with E-state index in [1.165, 1.54) is 11.3 Å². The van der Waals surface area contributed by atoms with E-state index in [1.54, 1.807) is 6.08 Å². The lowest BCUT2D eigenvalue weighted by molar-refractivity contribution is -1.03. The highest BCUT2D eigenvalue weighted by Crippen LogP contribution is 2.73. The molecule has 4 saturated heterocycles. The third-order valence-corrected chi connectivity index (χ3v) is 19.8. The SMILES string of the molecule is CC[C@@H]1[C@@H]2C[C@H]3[C@@H]4N(C)c5ccccc5[C@@]45C[C@@H]([C@@H]2[C@@H]5O)[N@+]3(CC(=O)O[C@@H]2CC[C@@]3(C)[C@H](CC[C@@H]4[C@@H]3CC[C@]3(C)[C@@H](C5=CC(=O)OC5)CC[C@]43O)C2)[C@@H]1O. The van der Waals surface area contributed by atoms with Crippen LogP contribution < -0.4 is 4.90 Å². The van der Waals surface area contributed by atoms with Gasteiger partial charge in [-0.2, -0.15) is 0 Å².